The first kappa shape index (κ1) is 35.2. The molecule has 1 spiro atoms. The maximum atomic E-state index is 2.52. The Morgan fingerprint density at radius 3 is 1.76 bits per heavy atom. The highest BCUT2D eigenvalue weighted by Crippen LogP contribution is 2.62. The number of rotatable bonds is 5. The topological polar surface area (TPSA) is 8.17 Å². The molecule has 290 valence electrons. The van der Waals surface area contributed by atoms with Gasteiger partial charge in [0.15, 0.2) is 0 Å². The monoisotopic (exact) mass is 806 g/mol. The van der Waals surface area contributed by atoms with E-state index in [-0.39, 0.29) is 0 Å². The van der Waals surface area contributed by atoms with Crippen molar-refractivity contribution in [1.29, 1.82) is 0 Å². The van der Waals surface area contributed by atoms with Gasteiger partial charge >= 0.3 is 0 Å². The van der Waals surface area contributed by atoms with E-state index in [9.17, 15) is 0 Å². The zero-order valence-corrected chi connectivity index (χ0v) is 34.6. The highest BCUT2D eigenvalue weighted by molar-refractivity contribution is 7.99. The highest BCUT2D eigenvalue weighted by atomic mass is 32.2. The normalized spacial score (nSPS) is 13.2. The number of hydrogen-bond acceptors (Lipinski definition) is 2. The molecule has 13 rings (SSSR count). The number of para-hydroxylation sites is 3. The van der Waals surface area contributed by atoms with Gasteiger partial charge in [0.25, 0.3) is 0 Å². The summed E-state index contributed by atoms with van der Waals surface area (Å²) < 4.78 is 2.42. The Labute approximate surface area is 365 Å². The average Bonchev–Trinajstić information content (AvgIpc) is 3.67. The molecule has 0 saturated carbocycles. The molecule has 1 aliphatic heterocycles. The molecule has 0 unspecified atom stereocenters. The molecule has 0 atom stereocenters. The van der Waals surface area contributed by atoms with E-state index in [4.69, 9.17) is 0 Å². The summed E-state index contributed by atoms with van der Waals surface area (Å²) in [6.07, 6.45) is 0. The molecule has 0 N–H and O–H groups in total. The van der Waals surface area contributed by atoms with E-state index in [1.807, 2.05) is 11.8 Å². The number of aromatic nitrogens is 1. The lowest BCUT2D eigenvalue weighted by molar-refractivity contribution is 0.707. The first-order valence-electron chi connectivity index (χ1n) is 21.4. The second kappa shape index (κ2) is 13.7. The van der Waals surface area contributed by atoms with Crippen molar-refractivity contribution in [2.24, 2.45) is 0 Å². The van der Waals surface area contributed by atoms with Crippen LogP contribution in [0.4, 0.5) is 17.1 Å². The minimum Gasteiger partial charge on any atom is -0.309 e. The van der Waals surface area contributed by atoms with Gasteiger partial charge in [-0.15, -0.1) is 0 Å². The summed E-state index contributed by atoms with van der Waals surface area (Å²) in [5.41, 5.74) is 16.6. The van der Waals surface area contributed by atoms with Crippen LogP contribution in [0, 0.1) is 0 Å². The third-order valence-corrected chi connectivity index (χ3v) is 14.4. The highest BCUT2D eigenvalue weighted by Gasteiger charge is 2.48. The first-order valence-corrected chi connectivity index (χ1v) is 22.2. The minimum atomic E-state index is -0.511. The van der Waals surface area contributed by atoms with Crippen LogP contribution in [0.15, 0.2) is 240 Å². The standard InChI is InChI=1S/C59H38N2S/c1-3-18-39(19-4-1)42-22-8-13-30-52(42)61(41-34-35-45-44-24-9-14-31-53(44)60(55(45)38-41)40-20-5-2-6-21-40)54-37-36-46-43-23-7-10-26-48(43)59(51-29-17-25-47(54)58(46)51)49-27-11-15-32-56(49)62-57-33-16-12-28-50(57)59/h1-38H. The number of nitrogens with zero attached hydrogens (tertiary/aromatic N) is 2. The SMILES string of the molecule is c1ccc(-c2ccccc2N(c2ccc3c4ccccc4n(-c4ccccc4)c3c2)c2ccc3c4c(cccc24)C2(c4ccccc4Sc4ccccc42)c2ccccc2-3)cc1. The lowest BCUT2D eigenvalue weighted by Crippen LogP contribution is -2.36. The Morgan fingerprint density at radius 1 is 0.371 bits per heavy atom. The van der Waals surface area contributed by atoms with E-state index < -0.39 is 5.41 Å². The number of fused-ring (bicyclic) bond motifs is 11. The van der Waals surface area contributed by atoms with E-state index in [1.165, 1.54) is 86.9 Å². The van der Waals surface area contributed by atoms with Crippen LogP contribution in [0.5, 0.6) is 0 Å². The molecule has 10 aromatic carbocycles. The second-order valence-electron chi connectivity index (χ2n) is 16.4. The maximum absolute atomic E-state index is 2.52. The van der Waals surface area contributed by atoms with Crippen LogP contribution in [0.3, 0.4) is 0 Å². The summed E-state index contributed by atoms with van der Waals surface area (Å²) in [6.45, 7) is 0. The summed E-state index contributed by atoms with van der Waals surface area (Å²) in [4.78, 5) is 5.12. The van der Waals surface area contributed by atoms with Gasteiger partial charge in [-0.25, -0.2) is 0 Å². The third-order valence-electron chi connectivity index (χ3n) is 13.2. The predicted octanol–water partition coefficient (Wildman–Crippen LogP) is 15.9. The molecule has 1 aromatic heterocycles. The van der Waals surface area contributed by atoms with Crippen molar-refractivity contribution in [1.82, 2.24) is 4.57 Å². The van der Waals surface area contributed by atoms with Crippen molar-refractivity contribution in [2.45, 2.75) is 15.2 Å². The Hall–Kier alpha value is -7.59. The van der Waals surface area contributed by atoms with Gasteiger partial charge in [0.2, 0.25) is 0 Å². The van der Waals surface area contributed by atoms with Gasteiger partial charge in [-0.2, -0.15) is 0 Å². The van der Waals surface area contributed by atoms with E-state index >= 15 is 0 Å². The fraction of sp³-hybridized carbons (Fsp3) is 0.0169. The van der Waals surface area contributed by atoms with Crippen LogP contribution in [-0.2, 0) is 5.41 Å². The summed E-state index contributed by atoms with van der Waals surface area (Å²) in [6, 6.07) is 85.4. The number of anilines is 3. The maximum Gasteiger partial charge on any atom is 0.0735 e. The summed E-state index contributed by atoms with van der Waals surface area (Å²) >= 11 is 1.89. The smallest absolute Gasteiger partial charge is 0.0735 e. The molecule has 0 saturated heterocycles. The Kier molecular flexibility index (Phi) is 7.79. The molecule has 62 heavy (non-hydrogen) atoms. The predicted molar refractivity (Wildman–Crippen MR) is 260 cm³/mol. The lowest BCUT2D eigenvalue weighted by atomic mass is 9.59. The number of hydrogen-bond donors (Lipinski definition) is 0. The van der Waals surface area contributed by atoms with Gasteiger partial charge in [0, 0.05) is 42.9 Å². The molecule has 1 aliphatic carbocycles. The molecule has 0 fully saturated rings. The summed E-state index contributed by atoms with van der Waals surface area (Å²) in [7, 11) is 0. The zero-order chi connectivity index (χ0) is 40.8. The summed E-state index contributed by atoms with van der Waals surface area (Å²) in [5.74, 6) is 0. The van der Waals surface area contributed by atoms with Crippen molar-refractivity contribution >= 4 is 61.4 Å². The Balaban J connectivity index is 1.15. The van der Waals surface area contributed by atoms with Crippen molar-refractivity contribution in [2.75, 3.05) is 4.90 Å². The first-order chi connectivity index (χ1) is 30.8. The van der Waals surface area contributed by atoms with Crippen LogP contribution in [0.1, 0.15) is 22.3 Å². The molecule has 11 aromatic rings. The zero-order valence-electron chi connectivity index (χ0n) is 33.7. The van der Waals surface area contributed by atoms with E-state index in [0.29, 0.717) is 0 Å². The molecular weight excluding hydrogens is 769 g/mol. The van der Waals surface area contributed by atoms with Crippen molar-refractivity contribution in [3.05, 3.63) is 253 Å². The Bertz CT molecular complexity index is 3520. The average molecular weight is 807 g/mol. The summed E-state index contributed by atoms with van der Waals surface area (Å²) in [5, 5.41) is 4.98. The van der Waals surface area contributed by atoms with Crippen molar-refractivity contribution < 1.29 is 0 Å². The van der Waals surface area contributed by atoms with Crippen molar-refractivity contribution in [3.8, 4) is 27.9 Å². The second-order valence-corrected chi connectivity index (χ2v) is 17.4. The fourth-order valence-corrected chi connectivity index (χ4v) is 12.0. The van der Waals surface area contributed by atoms with E-state index in [2.05, 4.69) is 240 Å². The lowest BCUT2D eigenvalue weighted by Gasteiger charge is -2.46. The molecular formula is C59H38N2S. The Morgan fingerprint density at radius 2 is 0.968 bits per heavy atom. The fourth-order valence-electron chi connectivity index (χ4n) is 10.8. The van der Waals surface area contributed by atoms with Crippen LogP contribution in [-0.4, -0.2) is 4.57 Å². The van der Waals surface area contributed by atoms with Gasteiger partial charge in [-0.1, -0.05) is 188 Å². The molecule has 0 bridgehead atoms. The van der Waals surface area contributed by atoms with Crippen LogP contribution in [0.25, 0.3) is 60.5 Å². The minimum absolute atomic E-state index is 0.511. The van der Waals surface area contributed by atoms with Gasteiger partial charge in [0.05, 0.1) is 27.8 Å². The van der Waals surface area contributed by atoms with Crippen LogP contribution in [0.2, 0.25) is 0 Å². The van der Waals surface area contributed by atoms with E-state index in [1.54, 1.807) is 0 Å². The van der Waals surface area contributed by atoms with E-state index in [0.717, 1.165) is 22.7 Å². The van der Waals surface area contributed by atoms with Gasteiger partial charge < -0.3 is 9.47 Å². The molecule has 2 aliphatic rings. The largest absolute Gasteiger partial charge is 0.309 e. The van der Waals surface area contributed by atoms with Crippen LogP contribution < -0.4 is 4.90 Å². The molecule has 2 heterocycles. The van der Waals surface area contributed by atoms with Crippen molar-refractivity contribution in [3.63, 3.8) is 0 Å². The molecule has 0 radical (unpaired) electrons. The van der Waals surface area contributed by atoms with Gasteiger partial charge in [-0.3, -0.25) is 0 Å². The third kappa shape index (κ3) is 4.94. The van der Waals surface area contributed by atoms with Gasteiger partial charge in [-0.05, 0) is 98.9 Å². The van der Waals surface area contributed by atoms with Gasteiger partial charge in [0.1, 0.15) is 0 Å². The number of benzene rings is 10. The van der Waals surface area contributed by atoms with Crippen LogP contribution >= 0.6 is 11.8 Å². The quantitative estimate of drug-likeness (QED) is 0.171. The molecule has 2 nitrogen and oxygen atoms in total. The molecule has 0 amide bonds. The molecule has 3 heteroatoms.